The minimum Gasteiger partial charge on any atom is -0.359 e. The Morgan fingerprint density at radius 2 is 1.95 bits per heavy atom. The molecule has 0 amide bonds. The lowest BCUT2D eigenvalue weighted by Gasteiger charge is -2.22. The van der Waals surface area contributed by atoms with E-state index in [-0.39, 0.29) is 11.8 Å². The van der Waals surface area contributed by atoms with Crippen LogP contribution in [-0.2, 0) is 6.18 Å². The predicted octanol–water partition coefficient (Wildman–Crippen LogP) is 3.41. The van der Waals surface area contributed by atoms with Crippen LogP contribution in [0.3, 0.4) is 0 Å². The fourth-order valence-electron chi connectivity index (χ4n) is 1.73. The van der Waals surface area contributed by atoms with E-state index in [0.717, 1.165) is 12.5 Å². The van der Waals surface area contributed by atoms with Crippen LogP contribution >= 0.6 is 0 Å². The first-order valence-electron chi connectivity index (χ1n) is 6.65. The summed E-state index contributed by atoms with van der Waals surface area (Å²) in [6, 6.07) is 0.986. The zero-order valence-corrected chi connectivity index (χ0v) is 12.3. The SMILES string of the molecule is CCCNc1nc(N(C)CC(C)C)cc(C(F)(F)F)n1. The average molecular weight is 290 g/mol. The summed E-state index contributed by atoms with van der Waals surface area (Å²) in [6.45, 7) is 7.08. The van der Waals surface area contributed by atoms with E-state index >= 15 is 0 Å². The lowest BCUT2D eigenvalue weighted by atomic mass is 10.2. The molecule has 0 aliphatic carbocycles. The Kier molecular flexibility index (Phi) is 5.59. The largest absolute Gasteiger partial charge is 0.433 e. The van der Waals surface area contributed by atoms with Crippen molar-refractivity contribution >= 4 is 11.8 Å². The van der Waals surface area contributed by atoms with Gasteiger partial charge in [-0.15, -0.1) is 0 Å². The Labute approximate surface area is 117 Å². The molecule has 0 atom stereocenters. The molecule has 0 saturated heterocycles. The summed E-state index contributed by atoms with van der Waals surface area (Å²) in [5.74, 6) is 0.628. The van der Waals surface area contributed by atoms with Crippen LogP contribution in [0.15, 0.2) is 6.07 Å². The number of rotatable bonds is 6. The fourth-order valence-corrected chi connectivity index (χ4v) is 1.73. The van der Waals surface area contributed by atoms with Gasteiger partial charge in [-0.05, 0) is 12.3 Å². The first-order chi connectivity index (χ1) is 9.24. The first-order valence-corrected chi connectivity index (χ1v) is 6.65. The van der Waals surface area contributed by atoms with Gasteiger partial charge >= 0.3 is 6.18 Å². The van der Waals surface area contributed by atoms with Crippen molar-refractivity contribution in [3.05, 3.63) is 11.8 Å². The molecule has 114 valence electrons. The van der Waals surface area contributed by atoms with Crippen LogP contribution in [0.25, 0.3) is 0 Å². The van der Waals surface area contributed by atoms with Gasteiger partial charge < -0.3 is 10.2 Å². The van der Waals surface area contributed by atoms with Crippen LogP contribution in [-0.4, -0.2) is 30.1 Å². The van der Waals surface area contributed by atoms with E-state index in [1.54, 1.807) is 11.9 Å². The maximum absolute atomic E-state index is 12.9. The molecular weight excluding hydrogens is 269 g/mol. The minimum atomic E-state index is -4.47. The maximum atomic E-state index is 12.9. The standard InChI is InChI=1S/C13H21F3N4/c1-5-6-17-12-18-10(13(14,15)16)7-11(19-12)20(4)8-9(2)3/h7,9H,5-6,8H2,1-4H3,(H,17,18,19). The van der Waals surface area contributed by atoms with Crippen LogP contribution in [0.2, 0.25) is 0 Å². The summed E-state index contributed by atoms with van der Waals surface area (Å²) in [6.07, 6.45) is -3.68. The van der Waals surface area contributed by atoms with Gasteiger partial charge in [-0.3, -0.25) is 0 Å². The van der Waals surface area contributed by atoms with Crippen LogP contribution < -0.4 is 10.2 Å². The maximum Gasteiger partial charge on any atom is 0.433 e. The number of aromatic nitrogens is 2. The molecule has 1 aromatic rings. The zero-order chi connectivity index (χ0) is 15.3. The molecule has 1 N–H and O–H groups in total. The van der Waals surface area contributed by atoms with Crippen molar-refractivity contribution in [2.45, 2.75) is 33.4 Å². The third kappa shape index (κ3) is 4.86. The van der Waals surface area contributed by atoms with Crippen LogP contribution in [0, 0.1) is 5.92 Å². The molecule has 0 radical (unpaired) electrons. The van der Waals surface area contributed by atoms with Gasteiger partial charge in [0.15, 0.2) is 5.69 Å². The van der Waals surface area contributed by atoms with E-state index in [2.05, 4.69) is 15.3 Å². The van der Waals surface area contributed by atoms with Gasteiger partial charge in [-0.1, -0.05) is 20.8 Å². The molecule has 7 heteroatoms. The number of hydrogen-bond donors (Lipinski definition) is 1. The van der Waals surface area contributed by atoms with Gasteiger partial charge in [0.05, 0.1) is 0 Å². The van der Waals surface area contributed by atoms with Crippen molar-refractivity contribution in [2.75, 3.05) is 30.4 Å². The van der Waals surface area contributed by atoms with E-state index in [9.17, 15) is 13.2 Å². The Morgan fingerprint density at radius 3 is 2.45 bits per heavy atom. The molecule has 1 heterocycles. The smallest absolute Gasteiger partial charge is 0.359 e. The average Bonchev–Trinajstić information content (AvgIpc) is 2.34. The van der Waals surface area contributed by atoms with Crippen LogP contribution in [0.4, 0.5) is 24.9 Å². The summed E-state index contributed by atoms with van der Waals surface area (Å²) < 4.78 is 38.6. The lowest BCUT2D eigenvalue weighted by Crippen LogP contribution is -2.25. The van der Waals surface area contributed by atoms with Gasteiger partial charge in [-0.2, -0.15) is 18.2 Å². The van der Waals surface area contributed by atoms with E-state index in [4.69, 9.17) is 0 Å². The summed E-state index contributed by atoms with van der Waals surface area (Å²) >= 11 is 0. The Hall–Kier alpha value is -1.53. The fraction of sp³-hybridized carbons (Fsp3) is 0.692. The third-order valence-corrected chi connectivity index (χ3v) is 2.57. The Balaban J connectivity index is 3.09. The topological polar surface area (TPSA) is 41.1 Å². The number of halogens is 3. The normalized spacial score (nSPS) is 11.8. The monoisotopic (exact) mass is 290 g/mol. The quantitative estimate of drug-likeness (QED) is 0.871. The molecular formula is C13H21F3N4. The van der Waals surface area contributed by atoms with E-state index in [0.29, 0.717) is 19.0 Å². The molecule has 0 aliphatic rings. The molecule has 0 fully saturated rings. The highest BCUT2D eigenvalue weighted by atomic mass is 19.4. The molecule has 0 aliphatic heterocycles. The highest BCUT2D eigenvalue weighted by Gasteiger charge is 2.34. The van der Waals surface area contributed by atoms with Crippen molar-refractivity contribution in [3.8, 4) is 0 Å². The number of nitrogens with one attached hydrogen (secondary N) is 1. The van der Waals surface area contributed by atoms with Gasteiger partial charge in [0, 0.05) is 26.2 Å². The van der Waals surface area contributed by atoms with Gasteiger partial charge in [0.1, 0.15) is 5.82 Å². The lowest BCUT2D eigenvalue weighted by molar-refractivity contribution is -0.141. The molecule has 20 heavy (non-hydrogen) atoms. The number of anilines is 2. The van der Waals surface area contributed by atoms with Crippen LogP contribution in [0.5, 0.6) is 0 Å². The zero-order valence-electron chi connectivity index (χ0n) is 12.3. The first kappa shape index (κ1) is 16.5. The van der Waals surface area contributed by atoms with Crippen molar-refractivity contribution in [3.63, 3.8) is 0 Å². The summed E-state index contributed by atoms with van der Waals surface area (Å²) in [5.41, 5.74) is -0.920. The second kappa shape index (κ2) is 6.76. The highest BCUT2D eigenvalue weighted by molar-refractivity contribution is 5.45. The molecule has 1 aromatic heterocycles. The highest BCUT2D eigenvalue weighted by Crippen LogP contribution is 2.30. The summed E-state index contributed by atoms with van der Waals surface area (Å²) in [5, 5.41) is 2.81. The predicted molar refractivity (Wildman–Crippen MR) is 73.9 cm³/mol. The van der Waals surface area contributed by atoms with Crippen molar-refractivity contribution in [2.24, 2.45) is 5.92 Å². The Bertz CT molecular complexity index is 432. The third-order valence-electron chi connectivity index (χ3n) is 2.57. The van der Waals surface area contributed by atoms with Crippen molar-refractivity contribution < 1.29 is 13.2 Å². The number of alkyl halides is 3. The molecule has 4 nitrogen and oxygen atoms in total. The molecule has 0 spiro atoms. The van der Waals surface area contributed by atoms with Gasteiger partial charge in [0.2, 0.25) is 5.95 Å². The minimum absolute atomic E-state index is 0.0206. The van der Waals surface area contributed by atoms with E-state index in [1.165, 1.54) is 0 Å². The second-order valence-electron chi connectivity index (χ2n) is 5.13. The molecule has 0 unspecified atom stereocenters. The molecule has 0 aromatic carbocycles. The summed E-state index contributed by atoms with van der Waals surface area (Å²) in [7, 11) is 1.73. The molecule has 0 bridgehead atoms. The van der Waals surface area contributed by atoms with E-state index in [1.807, 2.05) is 20.8 Å². The number of hydrogen-bond acceptors (Lipinski definition) is 4. The second-order valence-corrected chi connectivity index (χ2v) is 5.13. The Morgan fingerprint density at radius 1 is 1.30 bits per heavy atom. The van der Waals surface area contributed by atoms with Gasteiger partial charge in [-0.25, -0.2) is 4.98 Å². The number of nitrogens with zero attached hydrogens (tertiary/aromatic N) is 3. The van der Waals surface area contributed by atoms with Crippen LogP contribution in [0.1, 0.15) is 32.9 Å². The molecule has 0 saturated carbocycles. The van der Waals surface area contributed by atoms with Crippen molar-refractivity contribution in [1.82, 2.24) is 9.97 Å². The van der Waals surface area contributed by atoms with E-state index < -0.39 is 11.9 Å². The summed E-state index contributed by atoms with van der Waals surface area (Å²) in [4.78, 5) is 9.38. The molecule has 1 rings (SSSR count). The van der Waals surface area contributed by atoms with Gasteiger partial charge in [0.25, 0.3) is 0 Å². The van der Waals surface area contributed by atoms with Crippen molar-refractivity contribution in [1.29, 1.82) is 0 Å².